The monoisotopic (exact) mass is 342 g/mol. The average molecular weight is 342 g/mol. The molecule has 0 aliphatic carbocycles. The van der Waals surface area contributed by atoms with Crippen LogP contribution in [0, 0.1) is 26.2 Å². The topological polar surface area (TPSA) is 75.3 Å². The number of sulfonamides is 1. The molecule has 0 saturated heterocycles. The molecule has 5 nitrogen and oxygen atoms in total. The molecule has 0 atom stereocenters. The zero-order chi connectivity index (χ0) is 17.7. The van der Waals surface area contributed by atoms with Crippen LogP contribution in [0.25, 0.3) is 0 Å². The Morgan fingerprint density at radius 2 is 1.75 bits per heavy atom. The number of benzene rings is 2. The summed E-state index contributed by atoms with van der Waals surface area (Å²) in [5.41, 5.74) is 2.92. The number of anilines is 1. The minimum Gasteiger partial charge on any atom is -0.341 e. The zero-order valence-electron chi connectivity index (χ0n) is 13.5. The SMILES string of the molecule is C#CCNC(=O)c1ccc(S(=O)(=O)Nc2ccc(C)c(C)c2)cc1. The predicted molar refractivity (Wildman–Crippen MR) is 94.3 cm³/mol. The molecular weight excluding hydrogens is 324 g/mol. The van der Waals surface area contributed by atoms with Crippen LogP contribution >= 0.6 is 0 Å². The third-order valence-electron chi connectivity index (χ3n) is 3.54. The van der Waals surface area contributed by atoms with Gasteiger partial charge in [-0.15, -0.1) is 6.42 Å². The van der Waals surface area contributed by atoms with Gasteiger partial charge in [-0.25, -0.2) is 8.42 Å². The van der Waals surface area contributed by atoms with Crippen LogP contribution in [0.3, 0.4) is 0 Å². The molecule has 124 valence electrons. The second-order valence-electron chi connectivity index (χ2n) is 5.32. The fourth-order valence-electron chi connectivity index (χ4n) is 2.04. The number of carbonyl (C=O) groups excluding carboxylic acids is 1. The molecule has 6 heteroatoms. The number of hydrogen-bond acceptors (Lipinski definition) is 3. The first kappa shape index (κ1) is 17.6. The van der Waals surface area contributed by atoms with Crippen LogP contribution in [-0.2, 0) is 10.0 Å². The molecule has 0 spiro atoms. The zero-order valence-corrected chi connectivity index (χ0v) is 14.3. The van der Waals surface area contributed by atoms with E-state index < -0.39 is 10.0 Å². The molecule has 0 bridgehead atoms. The normalized spacial score (nSPS) is 10.7. The number of nitrogens with one attached hydrogen (secondary N) is 2. The van der Waals surface area contributed by atoms with Crippen molar-refractivity contribution in [1.29, 1.82) is 0 Å². The van der Waals surface area contributed by atoms with Gasteiger partial charge in [0.2, 0.25) is 0 Å². The van der Waals surface area contributed by atoms with Gasteiger partial charge in [0.15, 0.2) is 0 Å². The molecule has 0 radical (unpaired) electrons. The molecule has 2 rings (SSSR count). The fraction of sp³-hybridized carbons (Fsp3) is 0.167. The van der Waals surface area contributed by atoms with Crippen LogP contribution in [0.5, 0.6) is 0 Å². The van der Waals surface area contributed by atoms with Crippen molar-refractivity contribution >= 4 is 21.6 Å². The number of amides is 1. The molecule has 0 heterocycles. The van der Waals surface area contributed by atoms with Gasteiger partial charge in [0.25, 0.3) is 15.9 Å². The summed E-state index contributed by atoms with van der Waals surface area (Å²) >= 11 is 0. The second-order valence-corrected chi connectivity index (χ2v) is 7.00. The molecule has 2 aromatic rings. The van der Waals surface area contributed by atoms with E-state index >= 15 is 0 Å². The van der Waals surface area contributed by atoms with Gasteiger partial charge >= 0.3 is 0 Å². The largest absolute Gasteiger partial charge is 0.341 e. The number of hydrogen-bond donors (Lipinski definition) is 2. The summed E-state index contributed by atoms with van der Waals surface area (Å²) in [4.78, 5) is 11.8. The fourth-order valence-corrected chi connectivity index (χ4v) is 3.09. The summed E-state index contributed by atoms with van der Waals surface area (Å²) in [6.45, 7) is 3.99. The lowest BCUT2D eigenvalue weighted by molar-refractivity contribution is 0.0958. The molecule has 0 aliphatic rings. The van der Waals surface area contributed by atoms with Gasteiger partial charge in [0.05, 0.1) is 11.4 Å². The van der Waals surface area contributed by atoms with E-state index in [4.69, 9.17) is 6.42 Å². The van der Waals surface area contributed by atoms with E-state index in [0.717, 1.165) is 11.1 Å². The molecule has 2 N–H and O–H groups in total. The number of carbonyl (C=O) groups is 1. The summed E-state index contributed by atoms with van der Waals surface area (Å²) in [6.07, 6.45) is 5.08. The maximum absolute atomic E-state index is 12.4. The number of terminal acetylenes is 1. The molecule has 1 amide bonds. The van der Waals surface area contributed by atoms with Crippen molar-refractivity contribution in [2.24, 2.45) is 0 Å². The molecule has 0 aromatic heterocycles. The smallest absolute Gasteiger partial charge is 0.261 e. The summed E-state index contributed by atoms with van der Waals surface area (Å²) in [7, 11) is -3.72. The lowest BCUT2D eigenvalue weighted by Crippen LogP contribution is -2.23. The van der Waals surface area contributed by atoms with Crippen molar-refractivity contribution in [2.45, 2.75) is 18.7 Å². The lowest BCUT2D eigenvalue weighted by atomic mass is 10.1. The standard InChI is InChI=1S/C18H18N2O3S/c1-4-11-19-18(21)15-6-9-17(10-7-15)24(22,23)20-16-8-5-13(2)14(3)12-16/h1,5-10,12,20H,11H2,2-3H3,(H,19,21). The Labute approximate surface area is 142 Å². The van der Waals surface area contributed by atoms with Gasteiger partial charge in [0, 0.05) is 11.3 Å². The van der Waals surface area contributed by atoms with Gasteiger partial charge in [-0.05, 0) is 61.4 Å². The first-order valence-electron chi connectivity index (χ1n) is 7.25. The van der Waals surface area contributed by atoms with E-state index in [9.17, 15) is 13.2 Å². The minimum absolute atomic E-state index is 0.0780. The molecular formula is C18H18N2O3S. The lowest BCUT2D eigenvalue weighted by Gasteiger charge is -2.10. The van der Waals surface area contributed by atoms with Crippen molar-refractivity contribution in [3.05, 3.63) is 59.2 Å². The van der Waals surface area contributed by atoms with Crippen LogP contribution in [0.4, 0.5) is 5.69 Å². The Balaban J connectivity index is 2.19. The Morgan fingerprint density at radius 3 is 2.33 bits per heavy atom. The van der Waals surface area contributed by atoms with Crippen molar-refractivity contribution in [2.75, 3.05) is 11.3 Å². The van der Waals surface area contributed by atoms with Gasteiger partial charge in [-0.3, -0.25) is 9.52 Å². The summed E-state index contributed by atoms with van der Waals surface area (Å²) in [5, 5.41) is 2.52. The molecule has 0 saturated carbocycles. The van der Waals surface area contributed by atoms with E-state index in [1.807, 2.05) is 19.9 Å². The highest BCUT2D eigenvalue weighted by molar-refractivity contribution is 7.92. The summed E-state index contributed by atoms with van der Waals surface area (Å²) in [5.74, 6) is 1.95. The second kappa shape index (κ2) is 7.20. The van der Waals surface area contributed by atoms with Crippen molar-refractivity contribution < 1.29 is 13.2 Å². The maximum Gasteiger partial charge on any atom is 0.261 e. The molecule has 0 aliphatic heterocycles. The summed E-state index contributed by atoms with van der Waals surface area (Å²) in [6, 6.07) is 11.0. The van der Waals surface area contributed by atoms with E-state index in [0.29, 0.717) is 11.3 Å². The first-order valence-corrected chi connectivity index (χ1v) is 8.73. The van der Waals surface area contributed by atoms with Gasteiger partial charge in [-0.1, -0.05) is 12.0 Å². The highest BCUT2D eigenvalue weighted by Crippen LogP contribution is 2.19. The first-order chi connectivity index (χ1) is 11.3. The Morgan fingerprint density at radius 1 is 1.08 bits per heavy atom. The minimum atomic E-state index is -3.72. The van der Waals surface area contributed by atoms with Crippen LogP contribution in [0.15, 0.2) is 47.4 Å². The van der Waals surface area contributed by atoms with Gasteiger partial charge < -0.3 is 5.32 Å². The van der Waals surface area contributed by atoms with E-state index in [-0.39, 0.29) is 17.3 Å². The third kappa shape index (κ3) is 4.15. The van der Waals surface area contributed by atoms with Crippen molar-refractivity contribution in [3.8, 4) is 12.3 Å². The van der Waals surface area contributed by atoms with Gasteiger partial charge in [-0.2, -0.15) is 0 Å². The Bertz CT molecular complexity index is 895. The maximum atomic E-state index is 12.4. The van der Waals surface area contributed by atoms with E-state index in [2.05, 4.69) is 16.0 Å². The number of aryl methyl sites for hydroxylation is 2. The highest BCUT2D eigenvalue weighted by Gasteiger charge is 2.15. The molecule has 2 aromatic carbocycles. The third-order valence-corrected chi connectivity index (χ3v) is 4.93. The van der Waals surface area contributed by atoms with E-state index in [1.54, 1.807) is 12.1 Å². The highest BCUT2D eigenvalue weighted by atomic mass is 32.2. The van der Waals surface area contributed by atoms with E-state index in [1.165, 1.54) is 24.3 Å². The van der Waals surface area contributed by atoms with Crippen LogP contribution in [-0.4, -0.2) is 20.9 Å². The molecule has 0 fully saturated rings. The number of rotatable bonds is 5. The van der Waals surface area contributed by atoms with Gasteiger partial charge in [0.1, 0.15) is 0 Å². The summed E-state index contributed by atoms with van der Waals surface area (Å²) < 4.78 is 27.4. The van der Waals surface area contributed by atoms with Crippen LogP contribution in [0.2, 0.25) is 0 Å². The van der Waals surface area contributed by atoms with Crippen molar-refractivity contribution in [3.63, 3.8) is 0 Å². The molecule has 0 unspecified atom stereocenters. The Kier molecular flexibility index (Phi) is 5.27. The quantitative estimate of drug-likeness (QED) is 0.820. The molecule has 24 heavy (non-hydrogen) atoms. The van der Waals surface area contributed by atoms with Crippen molar-refractivity contribution in [1.82, 2.24) is 5.32 Å². The van der Waals surface area contributed by atoms with Crippen LogP contribution in [0.1, 0.15) is 21.5 Å². The predicted octanol–water partition coefficient (Wildman–Crippen LogP) is 2.47. The Hall–Kier alpha value is -2.78. The average Bonchev–Trinajstić information content (AvgIpc) is 2.56. The van der Waals surface area contributed by atoms with Crippen LogP contribution < -0.4 is 10.0 Å².